The standard InChI is InChI=1S/C10H10N4O/c1-7-9(8(2)15)5-13-14(7)10-6-11-3-4-12-10/h3-6H,1-2H3. The van der Waals surface area contributed by atoms with Crippen molar-refractivity contribution in [2.75, 3.05) is 0 Å². The third-order valence-electron chi connectivity index (χ3n) is 2.16. The summed E-state index contributed by atoms with van der Waals surface area (Å²) < 4.78 is 1.60. The van der Waals surface area contributed by atoms with E-state index in [4.69, 9.17) is 0 Å². The number of hydrogen-bond acceptors (Lipinski definition) is 4. The van der Waals surface area contributed by atoms with Crippen LogP contribution in [-0.2, 0) is 0 Å². The van der Waals surface area contributed by atoms with E-state index in [-0.39, 0.29) is 5.78 Å². The van der Waals surface area contributed by atoms with Gasteiger partial charge in [-0.15, -0.1) is 0 Å². The van der Waals surface area contributed by atoms with Crippen LogP contribution in [0.5, 0.6) is 0 Å². The third-order valence-corrected chi connectivity index (χ3v) is 2.16. The van der Waals surface area contributed by atoms with Crippen LogP contribution in [0.4, 0.5) is 0 Å². The zero-order chi connectivity index (χ0) is 10.8. The molecule has 0 unspecified atom stereocenters. The Labute approximate surface area is 86.8 Å². The van der Waals surface area contributed by atoms with Gasteiger partial charge in [-0.2, -0.15) is 5.10 Å². The molecule has 0 aliphatic heterocycles. The van der Waals surface area contributed by atoms with Crippen molar-refractivity contribution in [1.29, 1.82) is 0 Å². The van der Waals surface area contributed by atoms with Crippen LogP contribution in [0.3, 0.4) is 0 Å². The number of aromatic nitrogens is 4. The zero-order valence-corrected chi connectivity index (χ0v) is 8.51. The Balaban J connectivity index is 2.52. The van der Waals surface area contributed by atoms with E-state index in [1.807, 2.05) is 6.92 Å². The summed E-state index contributed by atoms with van der Waals surface area (Å²) in [5, 5.41) is 4.10. The van der Waals surface area contributed by atoms with Crippen LogP contribution in [0.25, 0.3) is 5.82 Å². The third kappa shape index (κ3) is 1.63. The average molecular weight is 202 g/mol. The molecule has 2 heterocycles. The summed E-state index contributed by atoms with van der Waals surface area (Å²) in [7, 11) is 0. The minimum absolute atomic E-state index is 0.00244. The van der Waals surface area contributed by atoms with Crippen molar-refractivity contribution in [3.8, 4) is 5.82 Å². The molecule has 0 N–H and O–H groups in total. The van der Waals surface area contributed by atoms with E-state index in [2.05, 4.69) is 15.1 Å². The fourth-order valence-corrected chi connectivity index (χ4v) is 1.39. The molecule has 0 aromatic carbocycles. The molecule has 2 aromatic rings. The highest BCUT2D eigenvalue weighted by molar-refractivity contribution is 5.94. The Morgan fingerprint density at radius 1 is 1.33 bits per heavy atom. The monoisotopic (exact) mass is 202 g/mol. The van der Waals surface area contributed by atoms with Gasteiger partial charge in [0.25, 0.3) is 0 Å². The van der Waals surface area contributed by atoms with Gasteiger partial charge in [0.15, 0.2) is 11.6 Å². The Morgan fingerprint density at radius 2 is 2.13 bits per heavy atom. The lowest BCUT2D eigenvalue weighted by atomic mass is 10.2. The highest BCUT2D eigenvalue weighted by Crippen LogP contribution is 2.11. The van der Waals surface area contributed by atoms with Gasteiger partial charge in [0.05, 0.1) is 23.7 Å². The molecule has 5 nitrogen and oxygen atoms in total. The number of nitrogens with zero attached hydrogens (tertiary/aromatic N) is 4. The summed E-state index contributed by atoms with van der Waals surface area (Å²) in [6, 6.07) is 0. The Hall–Kier alpha value is -2.04. The van der Waals surface area contributed by atoms with Crippen LogP contribution < -0.4 is 0 Å². The van der Waals surface area contributed by atoms with Crippen LogP contribution in [0, 0.1) is 6.92 Å². The molecule has 0 saturated carbocycles. The molecule has 0 amide bonds. The summed E-state index contributed by atoms with van der Waals surface area (Å²) >= 11 is 0. The second-order valence-electron chi connectivity index (χ2n) is 3.18. The minimum atomic E-state index is 0.00244. The van der Waals surface area contributed by atoms with Crippen LogP contribution in [-0.4, -0.2) is 25.5 Å². The topological polar surface area (TPSA) is 60.7 Å². The zero-order valence-electron chi connectivity index (χ0n) is 8.51. The molecule has 2 rings (SSSR count). The SMILES string of the molecule is CC(=O)c1cnn(-c2cnccn2)c1C. The number of hydrogen-bond donors (Lipinski definition) is 0. The van der Waals surface area contributed by atoms with Crippen molar-refractivity contribution in [2.45, 2.75) is 13.8 Å². The van der Waals surface area contributed by atoms with Gasteiger partial charge in [0, 0.05) is 12.4 Å². The summed E-state index contributed by atoms with van der Waals surface area (Å²) in [6.45, 7) is 3.35. The Kier molecular flexibility index (Phi) is 2.29. The second kappa shape index (κ2) is 3.61. The largest absolute Gasteiger partial charge is 0.294 e. The summed E-state index contributed by atoms with van der Waals surface area (Å²) in [5.41, 5.74) is 1.39. The Bertz CT molecular complexity index is 489. The molecule has 0 aliphatic rings. The van der Waals surface area contributed by atoms with Gasteiger partial charge in [0.2, 0.25) is 0 Å². The fourth-order valence-electron chi connectivity index (χ4n) is 1.39. The van der Waals surface area contributed by atoms with Crippen LogP contribution in [0.15, 0.2) is 24.8 Å². The molecule has 0 aliphatic carbocycles. The smallest absolute Gasteiger partial charge is 0.172 e. The first-order valence-electron chi connectivity index (χ1n) is 4.52. The fraction of sp³-hybridized carbons (Fsp3) is 0.200. The first-order chi connectivity index (χ1) is 7.20. The van der Waals surface area contributed by atoms with Gasteiger partial charge in [-0.25, -0.2) is 9.67 Å². The van der Waals surface area contributed by atoms with E-state index >= 15 is 0 Å². The van der Waals surface area contributed by atoms with Crippen molar-refractivity contribution in [3.63, 3.8) is 0 Å². The second-order valence-corrected chi connectivity index (χ2v) is 3.18. The van der Waals surface area contributed by atoms with Gasteiger partial charge in [0.1, 0.15) is 0 Å². The van der Waals surface area contributed by atoms with Gasteiger partial charge < -0.3 is 0 Å². The van der Waals surface area contributed by atoms with Crippen molar-refractivity contribution < 1.29 is 4.79 Å². The maximum Gasteiger partial charge on any atom is 0.172 e. The van der Waals surface area contributed by atoms with Gasteiger partial charge in [-0.3, -0.25) is 9.78 Å². The molecule has 0 atom stereocenters. The summed E-state index contributed by atoms with van der Waals surface area (Å²) in [5.74, 6) is 0.616. The van der Waals surface area contributed by atoms with Crippen molar-refractivity contribution in [3.05, 3.63) is 36.0 Å². The summed E-state index contributed by atoms with van der Waals surface area (Å²) in [6.07, 6.45) is 6.33. The molecule has 0 spiro atoms. The first kappa shape index (κ1) is 9.51. The number of carbonyl (C=O) groups is 1. The molecular weight excluding hydrogens is 192 g/mol. The molecule has 5 heteroatoms. The normalized spacial score (nSPS) is 10.3. The average Bonchev–Trinajstić information content (AvgIpc) is 2.61. The van der Waals surface area contributed by atoms with E-state index < -0.39 is 0 Å². The van der Waals surface area contributed by atoms with Crippen LogP contribution in [0.1, 0.15) is 23.0 Å². The van der Waals surface area contributed by atoms with Crippen molar-refractivity contribution in [1.82, 2.24) is 19.7 Å². The number of ketones is 1. The molecule has 76 valence electrons. The van der Waals surface area contributed by atoms with Gasteiger partial charge in [-0.05, 0) is 13.8 Å². The summed E-state index contributed by atoms with van der Waals surface area (Å²) in [4.78, 5) is 19.3. The lowest BCUT2D eigenvalue weighted by Gasteiger charge is -2.01. The number of rotatable bonds is 2. The van der Waals surface area contributed by atoms with Crippen LogP contribution in [0.2, 0.25) is 0 Å². The molecule has 0 fully saturated rings. The van der Waals surface area contributed by atoms with Crippen LogP contribution >= 0.6 is 0 Å². The van der Waals surface area contributed by atoms with E-state index in [9.17, 15) is 4.79 Å². The molecule has 0 saturated heterocycles. The van der Waals surface area contributed by atoms with E-state index in [0.717, 1.165) is 5.69 Å². The Morgan fingerprint density at radius 3 is 2.67 bits per heavy atom. The molecule has 0 bridgehead atoms. The quantitative estimate of drug-likeness (QED) is 0.686. The van der Waals surface area contributed by atoms with Gasteiger partial charge in [-0.1, -0.05) is 0 Å². The predicted molar refractivity (Wildman–Crippen MR) is 53.9 cm³/mol. The first-order valence-corrected chi connectivity index (χ1v) is 4.52. The van der Waals surface area contributed by atoms with Gasteiger partial charge >= 0.3 is 0 Å². The maximum atomic E-state index is 11.2. The number of carbonyl (C=O) groups excluding carboxylic acids is 1. The molecular formula is C10H10N4O. The lowest BCUT2D eigenvalue weighted by Crippen LogP contribution is -2.03. The highest BCUT2D eigenvalue weighted by Gasteiger charge is 2.11. The van der Waals surface area contributed by atoms with E-state index in [1.54, 1.807) is 29.5 Å². The van der Waals surface area contributed by atoms with Crippen molar-refractivity contribution in [2.24, 2.45) is 0 Å². The molecule has 15 heavy (non-hydrogen) atoms. The number of Topliss-reactive ketones (excluding diaryl/α,β-unsaturated/α-hetero) is 1. The van der Waals surface area contributed by atoms with E-state index in [1.165, 1.54) is 6.92 Å². The predicted octanol–water partition coefficient (Wildman–Crippen LogP) is 1.17. The minimum Gasteiger partial charge on any atom is -0.294 e. The maximum absolute atomic E-state index is 11.2. The van der Waals surface area contributed by atoms with E-state index in [0.29, 0.717) is 11.4 Å². The highest BCUT2D eigenvalue weighted by atomic mass is 16.1. The lowest BCUT2D eigenvalue weighted by molar-refractivity contribution is 0.101. The van der Waals surface area contributed by atoms with Crippen molar-refractivity contribution >= 4 is 5.78 Å². The molecule has 2 aromatic heterocycles. The molecule has 0 radical (unpaired) electrons.